The van der Waals surface area contributed by atoms with E-state index in [0.29, 0.717) is 12.8 Å². The van der Waals surface area contributed by atoms with Crippen molar-refractivity contribution in [1.29, 1.82) is 0 Å². The lowest BCUT2D eigenvalue weighted by molar-refractivity contribution is -0.117. The number of carbonyl (C=O) groups excluding carboxylic acids is 1. The van der Waals surface area contributed by atoms with Crippen LogP contribution in [-0.2, 0) is 14.9 Å². The van der Waals surface area contributed by atoms with Crippen molar-refractivity contribution < 1.29 is 17.8 Å². The van der Waals surface area contributed by atoms with E-state index in [1.54, 1.807) is 6.92 Å². The molecule has 5 heteroatoms. The van der Waals surface area contributed by atoms with Gasteiger partial charge in [0.15, 0.2) is 0 Å². The molecular formula is C11H22O4S. The first-order valence-corrected chi connectivity index (χ1v) is 7.47. The fourth-order valence-corrected chi connectivity index (χ4v) is 2.11. The van der Waals surface area contributed by atoms with E-state index in [9.17, 15) is 13.2 Å². The molecule has 0 aromatic heterocycles. The molecule has 0 atom stereocenters. The van der Waals surface area contributed by atoms with Crippen molar-refractivity contribution in [3.8, 4) is 0 Å². The lowest BCUT2D eigenvalue weighted by Gasteiger charge is -2.00. The third-order valence-electron chi connectivity index (χ3n) is 2.43. The molecule has 0 unspecified atom stereocenters. The van der Waals surface area contributed by atoms with Gasteiger partial charge in [-0.2, -0.15) is 8.42 Å². The molecule has 0 aromatic carbocycles. The maximum absolute atomic E-state index is 10.6. The Morgan fingerprint density at radius 1 is 0.938 bits per heavy atom. The fraction of sp³-hybridized carbons (Fsp3) is 0.909. The summed E-state index contributed by atoms with van der Waals surface area (Å²) in [5, 5.41) is 0. The Bertz CT molecular complexity index is 282. The molecule has 0 aliphatic rings. The molecule has 0 aromatic rings. The van der Waals surface area contributed by atoms with Crippen molar-refractivity contribution in [1.82, 2.24) is 0 Å². The lowest BCUT2D eigenvalue weighted by atomic mass is 10.1. The SMILES string of the molecule is CC(=O)CCCCCCCCCS(=O)(=O)O. The van der Waals surface area contributed by atoms with Gasteiger partial charge in [-0.15, -0.1) is 0 Å². The van der Waals surface area contributed by atoms with Crippen molar-refractivity contribution in [2.45, 2.75) is 58.3 Å². The first-order chi connectivity index (χ1) is 7.42. The zero-order chi connectivity index (χ0) is 12.4. The summed E-state index contributed by atoms with van der Waals surface area (Å²) in [5.74, 6) is 0.116. The van der Waals surface area contributed by atoms with E-state index >= 15 is 0 Å². The van der Waals surface area contributed by atoms with Crippen LogP contribution in [0.4, 0.5) is 0 Å². The van der Waals surface area contributed by atoms with Gasteiger partial charge in [0.05, 0.1) is 5.75 Å². The van der Waals surface area contributed by atoms with Gasteiger partial charge < -0.3 is 4.79 Å². The van der Waals surface area contributed by atoms with E-state index in [0.717, 1.165) is 38.5 Å². The van der Waals surface area contributed by atoms with Gasteiger partial charge in [0, 0.05) is 6.42 Å². The van der Waals surface area contributed by atoms with Crippen LogP contribution >= 0.6 is 0 Å². The van der Waals surface area contributed by atoms with Gasteiger partial charge in [-0.3, -0.25) is 4.55 Å². The highest BCUT2D eigenvalue weighted by atomic mass is 32.2. The normalized spacial score (nSPS) is 11.6. The third-order valence-corrected chi connectivity index (χ3v) is 3.24. The standard InChI is InChI=1S/C11H22O4S/c1-11(12)9-7-5-3-2-4-6-8-10-16(13,14)15/h2-10H2,1H3,(H,13,14,15). The summed E-state index contributed by atoms with van der Waals surface area (Å²) in [7, 11) is -3.77. The Balaban J connectivity index is 3.13. The van der Waals surface area contributed by atoms with Gasteiger partial charge in [0.25, 0.3) is 10.1 Å². The lowest BCUT2D eigenvalue weighted by Crippen LogP contribution is -2.03. The van der Waals surface area contributed by atoms with E-state index in [1.165, 1.54) is 0 Å². The fourth-order valence-electron chi connectivity index (χ4n) is 1.54. The summed E-state index contributed by atoms with van der Waals surface area (Å²) in [6, 6.07) is 0. The maximum atomic E-state index is 10.6. The Kier molecular flexibility index (Phi) is 8.47. The summed E-state index contributed by atoms with van der Waals surface area (Å²) in [4.78, 5) is 10.6. The first-order valence-electron chi connectivity index (χ1n) is 5.86. The van der Waals surface area contributed by atoms with Gasteiger partial charge in [-0.25, -0.2) is 0 Å². The molecule has 0 saturated carbocycles. The predicted octanol–water partition coefficient (Wildman–Crippen LogP) is 2.58. The Morgan fingerprint density at radius 3 is 1.81 bits per heavy atom. The van der Waals surface area contributed by atoms with Crippen LogP contribution in [-0.4, -0.2) is 24.5 Å². The second-order valence-corrected chi connectivity index (χ2v) is 5.79. The second kappa shape index (κ2) is 8.70. The molecule has 0 aliphatic heterocycles. The highest BCUT2D eigenvalue weighted by Crippen LogP contribution is 2.09. The second-order valence-electron chi connectivity index (χ2n) is 4.21. The average molecular weight is 250 g/mol. The van der Waals surface area contributed by atoms with Crippen LogP contribution in [0.15, 0.2) is 0 Å². The molecule has 0 heterocycles. The van der Waals surface area contributed by atoms with Crippen LogP contribution in [0.1, 0.15) is 58.3 Å². The number of hydrogen-bond acceptors (Lipinski definition) is 3. The monoisotopic (exact) mass is 250 g/mol. The summed E-state index contributed by atoms with van der Waals surface area (Å²) in [5.41, 5.74) is 0. The molecule has 0 spiro atoms. The van der Waals surface area contributed by atoms with Gasteiger partial charge in [0.2, 0.25) is 0 Å². The predicted molar refractivity (Wildman–Crippen MR) is 64.0 cm³/mol. The zero-order valence-corrected chi connectivity index (χ0v) is 10.8. The molecule has 0 bridgehead atoms. The molecule has 0 fully saturated rings. The maximum Gasteiger partial charge on any atom is 0.264 e. The Labute approximate surface area is 98.2 Å². The van der Waals surface area contributed by atoms with Gasteiger partial charge in [0.1, 0.15) is 5.78 Å². The summed E-state index contributed by atoms with van der Waals surface area (Å²) >= 11 is 0. The molecular weight excluding hydrogens is 228 g/mol. The van der Waals surface area contributed by atoms with Crippen molar-refractivity contribution >= 4 is 15.9 Å². The van der Waals surface area contributed by atoms with Crippen LogP contribution in [0.25, 0.3) is 0 Å². The number of ketones is 1. The minimum absolute atomic E-state index is 0.128. The van der Waals surface area contributed by atoms with Crippen molar-refractivity contribution in [2.75, 3.05) is 5.75 Å². The third kappa shape index (κ3) is 13.6. The van der Waals surface area contributed by atoms with E-state index in [1.807, 2.05) is 0 Å². The van der Waals surface area contributed by atoms with Gasteiger partial charge >= 0.3 is 0 Å². The quantitative estimate of drug-likeness (QED) is 0.478. The van der Waals surface area contributed by atoms with Crippen molar-refractivity contribution in [3.63, 3.8) is 0 Å². The summed E-state index contributed by atoms with van der Waals surface area (Å²) in [6.07, 6.45) is 7.23. The number of hydrogen-bond donors (Lipinski definition) is 1. The molecule has 0 aliphatic carbocycles. The highest BCUT2D eigenvalue weighted by Gasteiger charge is 2.02. The van der Waals surface area contributed by atoms with E-state index in [4.69, 9.17) is 4.55 Å². The Hall–Kier alpha value is -0.420. The van der Waals surface area contributed by atoms with Gasteiger partial charge in [-0.1, -0.05) is 32.1 Å². The van der Waals surface area contributed by atoms with E-state index < -0.39 is 10.1 Å². The van der Waals surface area contributed by atoms with Crippen LogP contribution in [0, 0.1) is 0 Å². The minimum Gasteiger partial charge on any atom is -0.300 e. The summed E-state index contributed by atoms with van der Waals surface area (Å²) < 4.78 is 29.3. The van der Waals surface area contributed by atoms with Crippen molar-refractivity contribution in [3.05, 3.63) is 0 Å². The van der Waals surface area contributed by atoms with Crippen LogP contribution in [0.5, 0.6) is 0 Å². The average Bonchev–Trinajstić information content (AvgIpc) is 2.13. The van der Waals surface area contributed by atoms with Crippen LogP contribution in [0.3, 0.4) is 0 Å². The minimum atomic E-state index is -3.77. The molecule has 96 valence electrons. The van der Waals surface area contributed by atoms with Gasteiger partial charge in [-0.05, 0) is 19.8 Å². The number of carbonyl (C=O) groups is 1. The molecule has 0 rings (SSSR count). The van der Waals surface area contributed by atoms with E-state index in [-0.39, 0.29) is 11.5 Å². The molecule has 16 heavy (non-hydrogen) atoms. The highest BCUT2D eigenvalue weighted by molar-refractivity contribution is 7.85. The number of unbranched alkanes of at least 4 members (excludes halogenated alkanes) is 6. The van der Waals surface area contributed by atoms with E-state index in [2.05, 4.69) is 0 Å². The molecule has 0 saturated heterocycles. The molecule has 1 N–H and O–H groups in total. The number of Topliss-reactive ketones (excluding diaryl/α,β-unsaturated/α-hetero) is 1. The smallest absolute Gasteiger partial charge is 0.264 e. The van der Waals surface area contributed by atoms with Crippen LogP contribution < -0.4 is 0 Å². The topological polar surface area (TPSA) is 71.4 Å². The zero-order valence-electron chi connectivity index (χ0n) is 9.94. The first kappa shape index (κ1) is 15.6. The van der Waals surface area contributed by atoms with Crippen molar-refractivity contribution in [2.24, 2.45) is 0 Å². The molecule has 4 nitrogen and oxygen atoms in total. The van der Waals surface area contributed by atoms with Crippen LogP contribution in [0.2, 0.25) is 0 Å². The summed E-state index contributed by atoms with van der Waals surface area (Å²) in [6.45, 7) is 1.61. The molecule has 0 amide bonds. The largest absolute Gasteiger partial charge is 0.300 e. The molecule has 0 radical (unpaired) electrons. The Morgan fingerprint density at radius 2 is 1.38 bits per heavy atom. The number of rotatable bonds is 10.